The van der Waals surface area contributed by atoms with E-state index >= 15 is 0 Å². The van der Waals surface area contributed by atoms with E-state index in [9.17, 15) is 4.79 Å². The zero-order chi connectivity index (χ0) is 15.0. The lowest BCUT2D eigenvalue weighted by Gasteiger charge is -2.30. The normalized spacial score (nSPS) is 21.1. The van der Waals surface area contributed by atoms with Gasteiger partial charge in [0.15, 0.2) is 5.76 Å². The maximum absolute atomic E-state index is 12.5. The number of oxime groups is 1. The van der Waals surface area contributed by atoms with Crippen molar-refractivity contribution >= 4 is 22.6 Å². The lowest BCUT2D eigenvalue weighted by molar-refractivity contribution is 0.0704. The van der Waals surface area contributed by atoms with Gasteiger partial charge in [0.2, 0.25) is 0 Å². The fourth-order valence-corrected chi connectivity index (χ4v) is 2.78. The summed E-state index contributed by atoms with van der Waals surface area (Å²) in [5, 5.41) is 13.1. The highest BCUT2D eigenvalue weighted by molar-refractivity contribution is 5.97. The quantitative estimate of drug-likeness (QED) is 0.647. The number of rotatable bonds is 1. The van der Waals surface area contributed by atoms with Gasteiger partial charge in [-0.15, -0.1) is 0 Å². The molecule has 2 aromatic rings. The third kappa shape index (κ3) is 2.51. The standard InChI is InChI=1S/C16H18N2O3/c1-10-3-4-14-12(7-10)8-15(21-14)16(19)18-6-5-13(17-20)11(2)9-18/h3-4,7-8,11,20H,5-6,9H2,1-2H3/b17-13+. The number of benzene rings is 1. The molecule has 0 radical (unpaired) electrons. The number of aryl methyl sites for hydroxylation is 1. The first-order chi connectivity index (χ1) is 10.1. The zero-order valence-corrected chi connectivity index (χ0v) is 12.2. The largest absolute Gasteiger partial charge is 0.451 e. The predicted octanol–water partition coefficient (Wildman–Crippen LogP) is 3.05. The molecule has 0 bridgehead atoms. The summed E-state index contributed by atoms with van der Waals surface area (Å²) in [4.78, 5) is 14.3. The van der Waals surface area contributed by atoms with Gasteiger partial charge >= 0.3 is 0 Å². The first-order valence-electron chi connectivity index (χ1n) is 7.09. The van der Waals surface area contributed by atoms with E-state index in [0.717, 1.165) is 22.2 Å². The minimum absolute atomic E-state index is 0.0688. The maximum atomic E-state index is 12.5. The number of piperidine rings is 1. The molecular formula is C16H18N2O3. The summed E-state index contributed by atoms with van der Waals surface area (Å²) in [6, 6.07) is 7.65. The summed E-state index contributed by atoms with van der Waals surface area (Å²) in [5.41, 5.74) is 2.61. The van der Waals surface area contributed by atoms with Crippen LogP contribution in [0.25, 0.3) is 11.0 Å². The van der Waals surface area contributed by atoms with Crippen LogP contribution in [0.2, 0.25) is 0 Å². The van der Waals surface area contributed by atoms with Crippen LogP contribution in [0.4, 0.5) is 0 Å². The maximum Gasteiger partial charge on any atom is 0.289 e. The molecule has 0 spiro atoms. The van der Waals surface area contributed by atoms with Gasteiger partial charge in [-0.1, -0.05) is 23.7 Å². The van der Waals surface area contributed by atoms with Gasteiger partial charge in [-0.2, -0.15) is 0 Å². The van der Waals surface area contributed by atoms with E-state index in [2.05, 4.69) is 5.16 Å². The fourth-order valence-electron chi connectivity index (χ4n) is 2.78. The Bertz CT molecular complexity index is 717. The second kappa shape index (κ2) is 5.24. The zero-order valence-electron chi connectivity index (χ0n) is 12.2. The Labute approximate surface area is 122 Å². The van der Waals surface area contributed by atoms with Crippen LogP contribution >= 0.6 is 0 Å². The van der Waals surface area contributed by atoms with Crippen LogP contribution in [0.3, 0.4) is 0 Å². The van der Waals surface area contributed by atoms with Crippen LogP contribution in [0.5, 0.6) is 0 Å². The Morgan fingerprint density at radius 3 is 2.95 bits per heavy atom. The van der Waals surface area contributed by atoms with Gasteiger partial charge in [-0.05, 0) is 25.1 Å². The predicted molar refractivity (Wildman–Crippen MR) is 79.9 cm³/mol. The summed E-state index contributed by atoms with van der Waals surface area (Å²) < 4.78 is 5.66. The van der Waals surface area contributed by atoms with Crippen molar-refractivity contribution in [3.63, 3.8) is 0 Å². The SMILES string of the molecule is Cc1ccc2oc(C(=O)N3CC/C(=N\O)C(C)C3)cc2c1. The van der Waals surface area contributed by atoms with Crippen molar-refractivity contribution in [1.29, 1.82) is 0 Å². The molecule has 21 heavy (non-hydrogen) atoms. The molecule has 5 nitrogen and oxygen atoms in total. The average molecular weight is 286 g/mol. The van der Waals surface area contributed by atoms with Crippen molar-refractivity contribution in [3.05, 3.63) is 35.6 Å². The molecule has 1 aliphatic rings. The number of likely N-dealkylation sites (tertiary alicyclic amines) is 1. The minimum Gasteiger partial charge on any atom is -0.451 e. The van der Waals surface area contributed by atoms with Crippen LogP contribution in [0, 0.1) is 12.8 Å². The molecule has 5 heteroatoms. The van der Waals surface area contributed by atoms with Crippen LogP contribution < -0.4 is 0 Å². The Hall–Kier alpha value is -2.30. The van der Waals surface area contributed by atoms with Gasteiger partial charge in [0.25, 0.3) is 5.91 Å². The molecular weight excluding hydrogens is 268 g/mol. The molecule has 1 atom stereocenters. The highest BCUT2D eigenvalue weighted by atomic mass is 16.4. The number of nitrogens with zero attached hydrogens (tertiary/aromatic N) is 2. The van der Waals surface area contributed by atoms with Crippen LogP contribution in [-0.2, 0) is 0 Å². The summed E-state index contributed by atoms with van der Waals surface area (Å²) in [6.07, 6.45) is 0.600. The van der Waals surface area contributed by atoms with Crippen molar-refractivity contribution in [1.82, 2.24) is 4.90 Å². The Balaban J connectivity index is 1.84. The molecule has 1 aromatic heterocycles. The molecule has 1 saturated heterocycles. The van der Waals surface area contributed by atoms with Gasteiger partial charge in [0.05, 0.1) is 5.71 Å². The average Bonchev–Trinajstić information content (AvgIpc) is 2.89. The van der Waals surface area contributed by atoms with Gasteiger partial charge in [0, 0.05) is 30.8 Å². The number of hydrogen-bond donors (Lipinski definition) is 1. The molecule has 1 unspecified atom stereocenters. The number of hydrogen-bond acceptors (Lipinski definition) is 4. The van der Waals surface area contributed by atoms with Gasteiger partial charge in [0.1, 0.15) is 5.58 Å². The molecule has 1 fully saturated rings. The summed E-state index contributed by atoms with van der Waals surface area (Å²) >= 11 is 0. The van der Waals surface area contributed by atoms with Gasteiger partial charge in [-0.25, -0.2) is 0 Å². The molecule has 0 aliphatic carbocycles. The Kier molecular flexibility index (Phi) is 3.41. The second-order valence-electron chi connectivity index (χ2n) is 5.65. The molecule has 0 saturated carbocycles. The summed E-state index contributed by atoms with van der Waals surface area (Å²) in [7, 11) is 0. The molecule has 1 aromatic carbocycles. The van der Waals surface area contributed by atoms with Crippen molar-refractivity contribution in [2.45, 2.75) is 20.3 Å². The van der Waals surface area contributed by atoms with E-state index in [4.69, 9.17) is 9.62 Å². The summed E-state index contributed by atoms with van der Waals surface area (Å²) in [6.45, 7) is 5.07. The lowest BCUT2D eigenvalue weighted by Crippen LogP contribution is -2.43. The smallest absolute Gasteiger partial charge is 0.289 e. The van der Waals surface area contributed by atoms with Crippen LogP contribution in [0.15, 0.2) is 33.8 Å². The molecule has 1 aliphatic heterocycles. The van der Waals surface area contributed by atoms with Crippen molar-refractivity contribution < 1.29 is 14.4 Å². The first kappa shape index (κ1) is 13.7. The molecule has 1 amide bonds. The molecule has 3 rings (SSSR count). The van der Waals surface area contributed by atoms with E-state index in [-0.39, 0.29) is 11.8 Å². The topological polar surface area (TPSA) is 66.0 Å². The van der Waals surface area contributed by atoms with E-state index in [1.54, 1.807) is 11.0 Å². The second-order valence-corrected chi connectivity index (χ2v) is 5.65. The first-order valence-corrected chi connectivity index (χ1v) is 7.09. The van der Waals surface area contributed by atoms with Crippen LogP contribution in [0.1, 0.15) is 29.5 Å². The third-order valence-electron chi connectivity index (χ3n) is 4.00. The number of furan rings is 1. The number of carbonyl (C=O) groups excluding carboxylic acids is 1. The monoisotopic (exact) mass is 286 g/mol. The fraction of sp³-hybridized carbons (Fsp3) is 0.375. The lowest BCUT2D eigenvalue weighted by atomic mass is 9.97. The van der Waals surface area contributed by atoms with Crippen molar-refractivity contribution in [2.24, 2.45) is 11.1 Å². The Morgan fingerprint density at radius 1 is 1.43 bits per heavy atom. The van der Waals surface area contributed by atoms with E-state index < -0.39 is 0 Å². The van der Waals surface area contributed by atoms with Crippen LogP contribution in [-0.4, -0.2) is 34.8 Å². The number of carbonyl (C=O) groups is 1. The van der Waals surface area contributed by atoms with Gasteiger partial charge < -0.3 is 14.5 Å². The summed E-state index contributed by atoms with van der Waals surface area (Å²) in [5.74, 6) is 0.333. The van der Waals surface area contributed by atoms with E-state index in [1.165, 1.54) is 0 Å². The Morgan fingerprint density at radius 2 is 2.24 bits per heavy atom. The molecule has 2 heterocycles. The van der Waals surface area contributed by atoms with Crippen molar-refractivity contribution in [2.75, 3.05) is 13.1 Å². The number of fused-ring (bicyclic) bond motifs is 1. The van der Waals surface area contributed by atoms with Gasteiger partial charge in [-0.3, -0.25) is 4.79 Å². The van der Waals surface area contributed by atoms with E-state index in [0.29, 0.717) is 25.3 Å². The third-order valence-corrected chi connectivity index (χ3v) is 4.00. The van der Waals surface area contributed by atoms with E-state index in [1.807, 2.05) is 32.0 Å². The molecule has 1 N–H and O–H groups in total. The van der Waals surface area contributed by atoms with Crippen molar-refractivity contribution in [3.8, 4) is 0 Å². The highest BCUT2D eigenvalue weighted by Gasteiger charge is 2.28. The number of amides is 1. The highest BCUT2D eigenvalue weighted by Crippen LogP contribution is 2.23. The minimum atomic E-state index is -0.104. The molecule has 110 valence electrons.